The van der Waals surface area contributed by atoms with Crippen LogP contribution in [0.15, 0.2) is 60.7 Å². The Morgan fingerprint density at radius 2 is 1.58 bits per heavy atom. The average molecular weight is 425 g/mol. The van der Waals surface area contributed by atoms with Crippen LogP contribution in [0.2, 0.25) is 0 Å². The van der Waals surface area contributed by atoms with Crippen molar-refractivity contribution in [2.24, 2.45) is 0 Å². The molecule has 1 amide bonds. The number of hydrogen-bond acceptors (Lipinski definition) is 3. The number of carbonyl (C=O) groups excluding carboxylic acids is 1. The smallest absolute Gasteiger partial charge is 0.275 e. The Morgan fingerprint density at radius 1 is 0.968 bits per heavy atom. The minimum Gasteiger partial charge on any atom is -0.370 e. The van der Waals surface area contributed by atoms with Gasteiger partial charge in [-0.1, -0.05) is 48.5 Å². The van der Waals surface area contributed by atoms with Gasteiger partial charge in [0.05, 0.1) is 45.4 Å². The van der Waals surface area contributed by atoms with Crippen LogP contribution in [0.1, 0.15) is 18.5 Å². The Hall–Kier alpha value is -2.41. The van der Waals surface area contributed by atoms with Crippen molar-refractivity contribution in [3.05, 3.63) is 66.2 Å². The molecule has 0 aromatic heterocycles. The summed E-state index contributed by atoms with van der Waals surface area (Å²) in [6.45, 7) is 10.2. The lowest BCUT2D eigenvalue weighted by Gasteiger charge is -2.36. The van der Waals surface area contributed by atoms with Crippen LogP contribution in [0, 0.1) is 0 Å². The number of nitrogens with zero attached hydrogens (tertiary/aromatic N) is 1. The molecule has 0 saturated carbocycles. The zero-order chi connectivity index (χ0) is 21.5. The number of para-hydroxylation sites is 1. The second-order valence-electron chi connectivity index (χ2n) is 8.76. The van der Waals surface area contributed by atoms with E-state index in [9.17, 15) is 4.79 Å². The van der Waals surface area contributed by atoms with Gasteiger partial charge >= 0.3 is 0 Å². The first-order valence-corrected chi connectivity index (χ1v) is 11.6. The molecule has 2 saturated heterocycles. The summed E-state index contributed by atoms with van der Waals surface area (Å²) in [7, 11) is 0. The zero-order valence-corrected chi connectivity index (χ0v) is 18.6. The lowest BCUT2D eigenvalue weighted by atomic mass is 9.98. The molecule has 0 spiro atoms. The molecule has 0 unspecified atom stereocenters. The Kier molecular flexibility index (Phi) is 7.57. The van der Waals surface area contributed by atoms with E-state index in [0.717, 1.165) is 52.5 Å². The fourth-order valence-corrected chi connectivity index (χ4v) is 4.99. The second kappa shape index (κ2) is 10.8. The number of amides is 1. The maximum Gasteiger partial charge on any atom is 0.275 e. The SMILES string of the molecule is C[C@H](NC(=O)C[NH+]1CCN(c2ccccc2)CC1)[C@@H](c1ccccc1)[NH+]1CCOCC1. The molecule has 2 aromatic carbocycles. The number of piperazine rings is 1. The highest BCUT2D eigenvalue weighted by Crippen LogP contribution is 2.14. The van der Waals surface area contributed by atoms with Gasteiger partial charge in [0.15, 0.2) is 6.54 Å². The van der Waals surface area contributed by atoms with Crippen LogP contribution in [-0.4, -0.2) is 71.0 Å². The third-order valence-corrected chi connectivity index (χ3v) is 6.62. The molecule has 0 bridgehead atoms. The van der Waals surface area contributed by atoms with Crippen molar-refractivity contribution in [1.82, 2.24) is 5.32 Å². The Morgan fingerprint density at radius 3 is 2.23 bits per heavy atom. The van der Waals surface area contributed by atoms with Gasteiger partial charge in [-0.2, -0.15) is 0 Å². The van der Waals surface area contributed by atoms with E-state index in [1.165, 1.54) is 21.1 Å². The van der Waals surface area contributed by atoms with E-state index in [-0.39, 0.29) is 18.0 Å². The normalized spacial score (nSPS) is 20.2. The van der Waals surface area contributed by atoms with E-state index in [4.69, 9.17) is 4.74 Å². The first-order chi connectivity index (χ1) is 15.2. The maximum atomic E-state index is 12.9. The van der Waals surface area contributed by atoms with Gasteiger partial charge in [-0.15, -0.1) is 0 Å². The van der Waals surface area contributed by atoms with Crippen molar-refractivity contribution in [3.63, 3.8) is 0 Å². The summed E-state index contributed by atoms with van der Waals surface area (Å²) in [5.74, 6) is 0.157. The summed E-state index contributed by atoms with van der Waals surface area (Å²) >= 11 is 0. The van der Waals surface area contributed by atoms with E-state index >= 15 is 0 Å². The highest BCUT2D eigenvalue weighted by molar-refractivity contribution is 5.77. The summed E-state index contributed by atoms with van der Waals surface area (Å²) in [6, 6.07) is 21.5. The predicted octanol–water partition coefficient (Wildman–Crippen LogP) is -0.447. The van der Waals surface area contributed by atoms with Gasteiger partial charge in [0.25, 0.3) is 5.91 Å². The monoisotopic (exact) mass is 424 g/mol. The lowest BCUT2D eigenvalue weighted by molar-refractivity contribution is -0.940. The van der Waals surface area contributed by atoms with E-state index in [1.54, 1.807) is 0 Å². The number of carbonyl (C=O) groups is 1. The van der Waals surface area contributed by atoms with Gasteiger partial charge in [-0.3, -0.25) is 4.79 Å². The fraction of sp³-hybridized carbons (Fsp3) is 0.480. The zero-order valence-electron chi connectivity index (χ0n) is 18.6. The molecule has 2 aliphatic heterocycles. The maximum absolute atomic E-state index is 12.9. The Bertz CT molecular complexity index is 803. The summed E-state index contributed by atoms with van der Waals surface area (Å²) < 4.78 is 5.57. The van der Waals surface area contributed by atoms with E-state index in [0.29, 0.717) is 6.54 Å². The summed E-state index contributed by atoms with van der Waals surface area (Å²) in [6.07, 6.45) is 0. The molecule has 2 atom stereocenters. The highest BCUT2D eigenvalue weighted by Gasteiger charge is 2.33. The molecule has 2 heterocycles. The second-order valence-corrected chi connectivity index (χ2v) is 8.76. The third kappa shape index (κ3) is 5.85. The summed E-state index contributed by atoms with van der Waals surface area (Å²) in [5.41, 5.74) is 2.56. The fourth-order valence-electron chi connectivity index (χ4n) is 4.99. The molecule has 2 aliphatic rings. The molecule has 0 radical (unpaired) electrons. The van der Waals surface area contributed by atoms with Crippen LogP contribution in [0.3, 0.4) is 0 Å². The van der Waals surface area contributed by atoms with Crippen LogP contribution in [0.25, 0.3) is 0 Å². The first-order valence-electron chi connectivity index (χ1n) is 11.6. The standard InChI is InChI=1S/C25H34N4O2/c1-21(25(22-8-4-2-5-9-22)29-16-18-31-19-17-29)26-24(30)20-27-12-14-28(15-13-27)23-10-6-3-7-11-23/h2-11,21,25H,12-20H2,1H3,(H,26,30)/p+2/t21-,25-/m0/s1. The molecule has 6 heteroatoms. The van der Waals surface area contributed by atoms with Crippen LogP contribution < -0.4 is 20.0 Å². The van der Waals surface area contributed by atoms with E-state index in [2.05, 4.69) is 77.8 Å². The number of ether oxygens (including phenoxy) is 1. The molecule has 3 N–H and O–H groups in total. The number of morpholine rings is 1. The number of rotatable bonds is 7. The minimum atomic E-state index is 0.0769. The van der Waals surface area contributed by atoms with Crippen molar-refractivity contribution in [2.45, 2.75) is 19.0 Å². The molecule has 166 valence electrons. The highest BCUT2D eigenvalue weighted by atomic mass is 16.5. The molecular formula is C25H36N4O2+2. The van der Waals surface area contributed by atoms with Crippen LogP contribution >= 0.6 is 0 Å². The molecule has 2 aromatic rings. The molecule has 4 rings (SSSR count). The van der Waals surface area contributed by atoms with Crippen molar-refractivity contribution in [2.75, 3.05) is 63.9 Å². The first kappa shape index (κ1) is 21.8. The molecule has 6 nitrogen and oxygen atoms in total. The van der Waals surface area contributed by atoms with Crippen molar-refractivity contribution in [3.8, 4) is 0 Å². The number of hydrogen-bond donors (Lipinski definition) is 3. The van der Waals surface area contributed by atoms with Crippen LogP contribution in [-0.2, 0) is 9.53 Å². The van der Waals surface area contributed by atoms with Gasteiger partial charge in [0.2, 0.25) is 0 Å². The Labute approximate surface area is 185 Å². The van der Waals surface area contributed by atoms with Crippen LogP contribution in [0.4, 0.5) is 5.69 Å². The van der Waals surface area contributed by atoms with Crippen molar-refractivity contribution >= 4 is 11.6 Å². The Balaban J connectivity index is 1.31. The molecule has 31 heavy (non-hydrogen) atoms. The lowest BCUT2D eigenvalue weighted by Crippen LogP contribution is -3.16. The number of benzene rings is 2. The topological polar surface area (TPSA) is 50.5 Å². The largest absolute Gasteiger partial charge is 0.370 e. The van der Waals surface area contributed by atoms with Gasteiger partial charge in [-0.25, -0.2) is 0 Å². The molecule has 0 aliphatic carbocycles. The van der Waals surface area contributed by atoms with Gasteiger partial charge < -0.3 is 24.8 Å². The summed E-state index contributed by atoms with van der Waals surface area (Å²) in [5, 5.41) is 3.33. The van der Waals surface area contributed by atoms with Gasteiger partial charge in [0.1, 0.15) is 19.1 Å². The number of anilines is 1. The van der Waals surface area contributed by atoms with Gasteiger partial charge in [0, 0.05) is 11.3 Å². The van der Waals surface area contributed by atoms with E-state index in [1.807, 2.05) is 0 Å². The molecular weight excluding hydrogens is 388 g/mol. The minimum absolute atomic E-state index is 0.0769. The quantitative estimate of drug-likeness (QED) is 0.565. The molecule has 2 fully saturated rings. The van der Waals surface area contributed by atoms with Gasteiger partial charge in [-0.05, 0) is 19.1 Å². The van der Waals surface area contributed by atoms with Crippen molar-refractivity contribution in [1.29, 1.82) is 0 Å². The van der Waals surface area contributed by atoms with E-state index < -0.39 is 0 Å². The third-order valence-electron chi connectivity index (χ3n) is 6.62. The van der Waals surface area contributed by atoms with Crippen molar-refractivity contribution < 1.29 is 19.3 Å². The average Bonchev–Trinajstić information content (AvgIpc) is 2.82. The predicted molar refractivity (Wildman–Crippen MR) is 123 cm³/mol. The van der Waals surface area contributed by atoms with Crippen LogP contribution in [0.5, 0.6) is 0 Å². The summed E-state index contributed by atoms with van der Waals surface area (Å²) in [4.78, 5) is 18.2. The number of nitrogens with one attached hydrogen (secondary N) is 3. The number of quaternary nitrogens is 2.